The molecule has 0 unspecified atom stereocenters. The summed E-state index contributed by atoms with van der Waals surface area (Å²) in [7, 11) is -3.52. The third kappa shape index (κ3) is 3.46. The fraction of sp³-hybridized carbons (Fsp3) is 0.455. The lowest BCUT2D eigenvalue weighted by molar-refractivity contribution is 0.212. The summed E-state index contributed by atoms with van der Waals surface area (Å²) < 4.78 is 22.7. The maximum Gasteiger partial charge on any atom is 0.351 e. The van der Waals surface area contributed by atoms with Gasteiger partial charge in [0, 0.05) is 10.6 Å². The average Bonchev–Trinajstić information content (AvgIpc) is 2.32. The van der Waals surface area contributed by atoms with Crippen LogP contribution in [0.1, 0.15) is 25.2 Å². The van der Waals surface area contributed by atoms with Crippen molar-refractivity contribution in [3.63, 3.8) is 0 Å². The topological polar surface area (TPSA) is 81.8 Å². The Balaban J connectivity index is 3.13. The Kier molecular flexibility index (Phi) is 5.63. The number of halogens is 1. The quantitative estimate of drug-likeness (QED) is 0.787. The molecule has 3 N–H and O–H groups in total. The second-order valence-electron chi connectivity index (χ2n) is 3.52. The first-order valence-corrected chi connectivity index (χ1v) is 7.56. The van der Waals surface area contributed by atoms with E-state index in [2.05, 4.69) is 0 Å². The van der Waals surface area contributed by atoms with Crippen LogP contribution < -0.4 is 5.73 Å². The summed E-state index contributed by atoms with van der Waals surface area (Å²) in [5, 5.41) is 10.1. The van der Waals surface area contributed by atoms with Crippen LogP contribution in [-0.2, 0) is 13.6 Å². The van der Waals surface area contributed by atoms with Gasteiger partial charge in [-0.2, -0.15) is 0 Å². The molecule has 0 aliphatic carbocycles. The average molecular weight is 294 g/mol. The van der Waals surface area contributed by atoms with Crippen LogP contribution in [0.3, 0.4) is 0 Å². The van der Waals surface area contributed by atoms with Crippen molar-refractivity contribution in [3.05, 3.63) is 28.8 Å². The van der Waals surface area contributed by atoms with Crippen LogP contribution >= 0.6 is 19.2 Å². The lowest BCUT2D eigenvalue weighted by Crippen LogP contribution is -2.15. The molecule has 0 saturated carbocycles. The van der Waals surface area contributed by atoms with Gasteiger partial charge in [-0.25, -0.2) is 0 Å². The van der Waals surface area contributed by atoms with Gasteiger partial charge in [-0.3, -0.25) is 4.57 Å². The maximum atomic E-state index is 12.5. The highest BCUT2D eigenvalue weighted by Crippen LogP contribution is 2.59. The first kappa shape index (κ1) is 15.5. The molecule has 0 spiro atoms. The summed E-state index contributed by atoms with van der Waals surface area (Å²) in [4.78, 5) is 0. The number of phenolic OH excluding ortho intramolecular Hbond substituents is 1. The summed E-state index contributed by atoms with van der Waals surface area (Å²) in [6.45, 7) is 3.78. The van der Waals surface area contributed by atoms with Gasteiger partial charge in [0.25, 0.3) is 0 Å². The molecule has 1 aromatic rings. The van der Waals surface area contributed by atoms with Gasteiger partial charge in [0.15, 0.2) is 0 Å². The van der Waals surface area contributed by atoms with Gasteiger partial charge in [-0.1, -0.05) is 11.6 Å². The van der Waals surface area contributed by atoms with E-state index >= 15 is 0 Å². The van der Waals surface area contributed by atoms with Crippen LogP contribution in [0.25, 0.3) is 0 Å². The van der Waals surface area contributed by atoms with Crippen molar-refractivity contribution < 1.29 is 18.7 Å². The molecule has 0 radical (unpaired) electrons. The molecular formula is C11H17ClNO4P. The van der Waals surface area contributed by atoms with Gasteiger partial charge in [0.2, 0.25) is 0 Å². The Morgan fingerprint density at radius 1 is 1.39 bits per heavy atom. The number of hydrogen-bond acceptors (Lipinski definition) is 5. The summed E-state index contributed by atoms with van der Waals surface area (Å²) in [6, 6.07) is 4.35. The van der Waals surface area contributed by atoms with Gasteiger partial charge in [-0.05, 0) is 32.0 Å². The zero-order chi connectivity index (χ0) is 13.8. The van der Waals surface area contributed by atoms with Gasteiger partial charge < -0.3 is 19.9 Å². The zero-order valence-electron chi connectivity index (χ0n) is 10.3. The molecule has 0 aromatic heterocycles. The summed E-state index contributed by atoms with van der Waals surface area (Å²) in [5.74, 6) is -1.16. The Bertz CT molecular complexity index is 445. The van der Waals surface area contributed by atoms with Crippen molar-refractivity contribution >= 4 is 19.2 Å². The van der Waals surface area contributed by atoms with E-state index in [-0.39, 0.29) is 24.5 Å². The van der Waals surface area contributed by atoms with Crippen molar-refractivity contribution in [2.24, 2.45) is 5.73 Å². The van der Waals surface area contributed by atoms with Crippen molar-refractivity contribution in [1.29, 1.82) is 0 Å². The number of benzene rings is 1. The second-order valence-corrected chi connectivity index (χ2v) is 6.11. The Morgan fingerprint density at radius 3 is 2.44 bits per heavy atom. The van der Waals surface area contributed by atoms with Crippen LogP contribution in [-0.4, -0.2) is 18.3 Å². The molecule has 0 fully saturated rings. The minimum absolute atomic E-state index is 0.0912. The molecule has 1 aromatic carbocycles. The monoisotopic (exact) mass is 293 g/mol. The third-order valence-electron chi connectivity index (χ3n) is 2.27. The number of nitrogens with two attached hydrogens (primary N) is 1. The van der Waals surface area contributed by atoms with Gasteiger partial charge in [0.1, 0.15) is 11.5 Å². The van der Waals surface area contributed by atoms with E-state index in [1.165, 1.54) is 18.2 Å². The van der Waals surface area contributed by atoms with Gasteiger partial charge in [0.05, 0.1) is 13.2 Å². The van der Waals surface area contributed by atoms with Crippen molar-refractivity contribution in [2.45, 2.75) is 19.6 Å². The minimum atomic E-state index is -3.52. The normalized spacial score (nSPS) is 13.6. The van der Waals surface area contributed by atoms with E-state index in [9.17, 15) is 9.67 Å². The highest BCUT2D eigenvalue weighted by atomic mass is 35.5. The Labute approximate surface area is 111 Å². The smallest absolute Gasteiger partial charge is 0.351 e. The molecule has 18 heavy (non-hydrogen) atoms. The number of rotatable bonds is 6. The number of phenols is 1. The number of hydrogen-bond donors (Lipinski definition) is 2. The summed E-state index contributed by atoms with van der Waals surface area (Å²) in [6.07, 6.45) is 0. The lowest BCUT2D eigenvalue weighted by Gasteiger charge is -2.24. The van der Waals surface area contributed by atoms with E-state index in [1.54, 1.807) is 13.8 Å². The Hall–Kier alpha value is -0.580. The van der Waals surface area contributed by atoms with Crippen LogP contribution in [0, 0.1) is 0 Å². The number of aromatic hydroxyl groups is 1. The first-order valence-electron chi connectivity index (χ1n) is 5.57. The van der Waals surface area contributed by atoms with Gasteiger partial charge >= 0.3 is 7.60 Å². The molecule has 0 saturated heterocycles. The predicted octanol–water partition coefficient (Wildman–Crippen LogP) is 3.27. The maximum absolute atomic E-state index is 12.5. The largest absolute Gasteiger partial charge is 0.508 e. The molecule has 0 amide bonds. The zero-order valence-corrected chi connectivity index (χ0v) is 11.9. The van der Waals surface area contributed by atoms with E-state index in [0.29, 0.717) is 5.02 Å². The van der Waals surface area contributed by atoms with Crippen molar-refractivity contribution in [2.75, 3.05) is 13.2 Å². The predicted molar refractivity (Wildman–Crippen MR) is 70.9 cm³/mol. The molecule has 0 heterocycles. The lowest BCUT2D eigenvalue weighted by atomic mass is 10.2. The SMILES string of the molecule is CCOP(=O)(OCC)[C@H](N)c1cc(Cl)ccc1O. The minimum Gasteiger partial charge on any atom is -0.508 e. The van der Waals surface area contributed by atoms with Crippen LogP contribution in [0.5, 0.6) is 5.75 Å². The van der Waals surface area contributed by atoms with E-state index in [0.717, 1.165) is 0 Å². The highest BCUT2D eigenvalue weighted by molar-refractivity contribution is 7.54. The van der Waals surface area contributed by atoms with Crippen LogP contribution in [0.15, 0.2) is 18.2 Å². The fourth-order valence-electron chi connectivity index (χ4n) is 1.49. The summed E-state index contributed by atoms with van der Waals surface area (Å²) in [5.41, 5.74) is 6.13. The molecule has 102 valence electrons. The molecule has 5 nitrogen and oxygen atoms in total. The Morgan fingerprint density at radius 2 is 1.94 bits per heavy atom. The second kappa shape index (κ2) is 6.55. The molecule has 7 heteroatoms. The fourth-order valence-corrected chi connectivity index (χ4v) is 3.33. The molecule has 0 aliphatic heterocycles. The third-order valence-corrected chi connectivity index (χ3v) is 4.70. The molecule has 1 rings (SSSR count). The van der Waals surface area contributed by atoms with Crippen molar-refractivity contribution in [1.82, 2.24) is 0 Å². The van der Waals surface area contributed by atoms with Crippen molar-refractivity contribution in [3.8, 4) is 5.75 Å². The first-order chi connectivity index (χ1) is 8.44. The standard InChI is InChI=1S/C11H17ClNO4P/c1-3-16-18(15,17-4-2)11(13)9-7-8(12)5-6-10(9)14/h5-7,11,14H,3-4,13H2,1-2H3/t11-/m0/s1. The molecule has 1 atom stereocenters. The molecule has 0 bridgehead atoms. The van der Waals surface area contributed by atoms with Gasteiger partial charge in [-0.15, -0.1) is 0 Å². The van der Waals surface area contributed by atoms with Crippen LogP contribution in [0.2, 0.25) is 5.02 Å². The molecule has 0 aliphatic rings. The van der Waals surface area contributed by atoms with E-state index in [4.69, 9.17) is 26.4 Å². The van der Waals surface area contributed by atoms with Crippen LogP contribution in [0.4, 0.5) is 0 Å². The highest BCUT2D eigenvalue weighted by Gasteiger charge is 2.35. The summed E-state index contributed by atoms with van der Waals surface area (Å²) >= 11 is 5.83. The van der Waals surface area contributed by atoms with E-state index in [1.807, 2.05) is 0 Å². The van der Waals surface area contributed by atoms with E-state index < -0.39 is 13.4 Å². The molecular weight excluding hydrogens is 277 g/mol.